The third kappa shape index (κ3) is 4.91. The molecule has 1 aromatic rings. The van der Waals surface area contributed by atoms with Crippen LogP contribution in [0.4, 0.5) is 4.79 Å². The number of nitrogens with zero attached hydrogens (tertiary/aromatic N) is 2. The molecule has 1 amide bonds. The van der Waals surface area contributed by atoms with E-state index in [1.54, 1.807) is 12.0 Å². The minimum Gasteiger partial charge on any atom is -0.497 e. The van der Waals surface area contributed by atoms with Crippen LogP contribution in [0.25, 0.3) is 0 Å². The van der Waals surface area contributed by atoms with E-state index in [0.717, 1.165) is 25.4 Å². The molecule has 1 aromatic carbocycles. The summed E-state index contributed by atoms with van der Waals surface area (Å²) in [6.07, 6.45) is -0.214. The summed E-state index contributed by atoms with van der Waals surface area (Å²) in [5, 5.41) is 0. The molecule has 0 radical (unpaired) electrons. The van der Waals surface area contributed by atoms with E-state index in [1.165, 1.54) is 5.56 Å². The van der Waals surface area contributed by atoms with Crippen molar-refractivity contribution in [2.75, 3.05) is 33.3 Å². The predicted molar refractivity (Wildman–Crippen MR) is 86.1 cm³/mol. The highest BCUT2D eigenvalue weighted by Crippen LogP contribution is 2.16. The van der Waals surface area contributed by atoms with Crippen molar-refractivity contribution in [1.29, 1.82) is 0 Å². The van der Waals surface area contributed by atoms with Crippen molar-refractivity contribution < 1.29 is 14.3 Å². The van der Waals surface area contributed by atoms with Crippen LogP contribution in [0.1, 0.15) is 26.3 Å². The quantitative estimate of drug-likeness (QED) is 0.861. The van der Waals surface area contributed by atoms with Gasteiger partial charge < -0.3 is 14.4 Å². The predicted octanol–water partition coefficient (Wildman–Crippen LogP) is 2.75. The Morgan fingerprint density at radius 3 is 2.45 bits per heavy atom. The molecule has 5 nitrogen and oxygen atoms in total. The zero-order valence-corrected chi connectivity index (χ0v) is 14.0. The molecule has 0 saturated carbocycles. The Balaban J connectivity index is 1.83. The number of ether oxygens (including phenoxy) is 2. The maximum atomic E-state index is 12.0. The summed E-state index contributed by atoms with van der Waals surface area (Å²) in [7, 11) is 1.68. The van der Waals surface area contributed by atoms with Gasteiger partial charge >= 0.3 is 6.09 Å². The van der Waals surface area contributed by atoms with Crippen LogP contribution in [-0.4, -0.2) is 54.8 Å². The van der Waals surface area contributed by atoms with Crippen molar-refractivity contribution in [1.82, 2.24) is 9.80 Å². The summed E-state index contributed by atoms with van der Waals surface area (Å²) >= 11 is 0. The van der Waals surface area contributed by atoms with Crippen molar-refractivity contribution in [2.45, 2.75) is 32.9 Å². The summed E-state index contributed by atoms with van der Waals surface area (Å²) in [4.78, 5) is 16.2. The number of methoxy groups -OCH3 is 1. The van der Waals surface area contributed by atoms with Crippen LogP contribution >= 0.6 is 0 Å². The van der Waals surface area contributed by atoms with Crippen LogP contribution in [-0.2, 0) is 11.3 Å². The number of carbonyl (C=O) groups is 1. The molecule has 122 valence electrons. The maximum absolute atomic E-state index is 12.0. The number of rotatable bonds is 3. The first-order valence-corrected chi connectivity index (χ1v) is 7.70. The van der Waals surface area contributed by atoms with Gasteiger partial charge in [0.15, 0.2) is 0 Å². The van der Waals surface area contributed by atoms with Gasteiger partial charge in [0, 0.05) is 32.7 Å². The number of benzene rings is 1. The van der Waals surface area contributed by atoms with E-state index in [-0.39, 0.29) is 6.09 Å². The van der Waals surface area contributed by atoms with Crippen molar-refractivity contribution in [2.24, 2.45) is 0 Å². The van der Waals surface area contributed by atoms with E-state index in [2.05, 4.69) is 17.0 Å². The highest BCUT2D eigenvalue weighted by Gasteiger charge is 2.25. The average molecular weight is 306 g/mol. The van der Waals surface area contributed by atoms with Gasteiger partial charge in [0.25, 0.3) is 0 Å². The minimum atomic E-state index is -0.436. The van der Waals surface area contributed by atoms with Crippen molar-refractivity contribution in [3.63, 3.8) is 0 Å². The van der Waals surface area contributed by atoms with E-state index in [4.69, 9.17) is 9.47 Å². The normalized spacial score (nSPS) is 16.5. The average Bonchev–Trinajstić information content (AvgIpc) is 2.46. The summed E-state index contributed by atoms with van der Waals surface area (Å²) < 4.78 is 10.7. The van der Waals surface area contributed by atoms with Gasteiger partial charge in [-0.3, -0.25) is 4.90 Å². The summed E-state index contributed by atoms with van der Waals surface area (Å²) in [5.41, 5.74) is 0.791. The second-order valence-corrected chi connectivity index (χ2v) is 6.60. The molecule has 2 rings (SSSR count). The molecular weight excluding hydrogens is 280 g/mol. The third-order valence-electron chi connectivity index (χ3n) is 3.56. The molecule has 0 unspecified atom stereocenters. The Kier molecular flexibility index (Phi) is 5.29. The molecule has 0 N–H and O–H groups in total. The van der Waals surface area contributed by atoms with Gasteiger partial charge in [0.2, 0.25) is 0 Å². The SMILES string of the molecule is COc1cccc(CN2CCN(C(=O)OC(C)(C)C)CC2)c1. The molecule has 1 aliphatic rings. The van der Waals surface area contributed by atoms with E-state index in [1.807, 2.05) is 32.9 Å². The first-order chi connectivity index (χ1) is 10.4. The van der Waals surface area contributed by atoms with Gasteiger partial charge in [-0.2, -0.15) is 0 Å². The lowest BCUT2D eigenvalue weighted by Crippen LogP contribution is -2.49. The molecule has 0 spiro atoms. The molecule has 22 heavy (non-hydrogen) atoms. The Morgan fingerprint density at radius 2 is 1.86 bits per heavy atom. The van der Waals surface area contributed by atoms with E-state index >= 15 is 0 Å². The van der Waals surface area contributed by atoms with Crippen molar-refractivity contribution in [3.05, 3.63) is 29.8 Å². The fourth-order valence-corrected chi connectivity index (χ4v) is 2.44. The summed E-state index contributed by atoms with van der Waals surface area (Å²) in [6.45, 7) is 9.68. The van der Waals surface area contributed by atoms with Gasteiger partial charge in [-0.1, -0.05) is 12.1 Å². The number of piperazine rings is 1. The first kappa shape index (κ1) is 16.6. The van der Waals surface area contributed by atoms with Crippen LogP contribution in [0.15, 0.2) is 24.3 Å². The highest BCUT2D eigenvalue weighted by molar-refractivity contribution is 5.68. The molecule has 0 atom stereocenters. The highest BCUT2D eigenvalue weighted by atomic mass is 16.6. The second kappa shape index (κ2) is 7.01. The van der Waals surface area contributed by atoms with E-state index in [0.29, 0.717) is 13.1 Å². The molecule has 1 heterocycles. The zero-order valence-electron chi connectivity index (χ0n) is 14.0. The lowest BCUT2D eigenvalue weighted by molar-refractivity contribution is 0.0139. The van der Waals surface area contributed by atoms with Crippen LogP contribution < -0.4 is 4.74 Å². The van der Waals surface area contributed by atoms with E-state index in [9.17, 15) is 4.79 Å². The van der Waals surface area contributed by atoms with Crippen LogP contribution in [0.2, 0.25) is 0 Å². The smallest absolute Gasteiger partial charge is 0.410 e. The Hall–Kier alpha value is -1.75. The molecule has 1 saturated heterocycles. The molecule has 1 fully saturated rings. The monoisotopic (exact) mass is 306 g/mol. The molecular formula is C17H26N2O3. The first-order valence-electron chi connectivity index (χ1n) is 7.70. The van der Waals surface area contributed by atoms with Crippen LogP contribution in [0, 0.1) is 0 Å². The zero-order chi connectivity index (χ0) is 16.2. The topological polar surface area (TPSA) is 42.0 Å². The molecule has 1 aliphatic heterocycles. The van der Waals surface area contributed by atoms with Gasteiger partial charge in [-0.05, 0) is 38.5 Å². The Bertz CT molecular complexity index is 503. The number of hydrogen-bond donors (Lipinski definition) is 0. The maximum Gasteiger partial charge on any atom is 0.410 e. The van der Waals surface area contributed by atoms with Crippen molar-refractivity contribution in [3.8, 4) is 5.75 Å². The van der Waals surface area contributed by atoms with Crippen molar-refractivity contribution >= 4 is 6.09 Å². The third-order valence-corrected chi connectivity index (χ3v) is 3.56. The number of hydrogen-bond acceptors (Lipinski definition) is 4. The molecule has 0 bridgehead atoms. The standard InChI is InChI=1S/C17H26N2O3/c1-17(2,3)22-16(20)19-10-8-18(9-11-19)13-14-6-5-7-15(12-14)21-4/h5-7,12H,8-11,13H2,1-4H3. The summed E-state index contributed by atoms with van der Waals surface area (Å²) in [6, 6.07) is 8.11. The van der Waals surface area contributed by atoms with Crippen LogP contribution in [0.5, 0.6) is 5.75 Å². The van der Waals surface area contributed by atoms with E-state index < -0.39 is 5.60 Å². The van der Waals surface area contributed by atoms with Crippen LogP contribution in [0.3, 0.4) is 0 Å². The summed E-state index contributed by atoms with van der Waals surface area (Å²) in [5.74, 6) is 0.880. The fourth-order valence-electron chi connectivity index (χ4n) is 2.44. The molecule has 5 heteroatoms. The lowest BCUT2D eigenvalue weighted by atomic mass is 10.2. The van der Waals surface area contributed by atoms with Gasteiger partial charge in [0.05, 0.1) is 7.11 Å². The second-order valence-electron chi connectivity index (χ2n) is 6.60. The minimum absolute atomic E-state index is 0.214. The Morgan fingerprint density at radius 1 is 1.18 bits per heavy atom. The Labute approximate surface area is 132 Å². The largest absolute Gasteiger partial charge is 0.497 e. The van der Waals surface area contributed by atoms with Gasteiger partial charge in [-0.25, -0.2) is 4.79 Å². The number of amides is 1. The fraction of sp³-hybridized carbons (Fsp3) is 0.588. The molecule has 0 aromatic heterocycles. The number of carbonyl (C=O) groups excluding carboxylic acids is 1. The van der Waals surface area contributed by atoms with Gasteiger partial charge in [0.1, 0.15) is 11.4 Å². The lowest BCUT2D eigenvalue weighted by Gasteiger charge is -2.35. The van der Waals surface area contributed by atoms with Gasteiger partial charge in [-0.15, -0.1) is 0 Å². The molecule has 0 aliphatic carbocycles.